The number of hydrogen-bond donors (Lipinski definition) is 1. The van der Waals surface area contributed by atoms with E-state index in [9.17, 15) is 4.39 Å². The summed E-state index contributed by atoms with van der Waals surface area (Å²) in [6.07, 6.45) is 1.58. The fourth-order valence-corrected chi connectivity index (χ4v) is 2.75. The lowest BCUT2D eigenvalue weighted by Gasteiger charge is -2.27. The van der Waals surface area contributed by atoms with Crippen molar-refractivity contribution >= 4 is 0 Å². The number of halogens is 1. The minimum atomic E-state index is -0.260. The minimum Gasteiger partial charge on any atom is -0.496 e. The van der Waals surface area contributed by atoms with Gasteiger partial charge in [-0.3, -0.25) is 0 Å². The molecule has 1 unspecified atom stereocenters. The van der Waals surface area contributed by atoms with Crippen LogP contribution in [-0.4, -0.2) is 19.8 Å². The quantitative estimate of drug-likeness (QED) is 0.943. The maximum absolute atomic E-state index is 13.9. The van der Waals surface area contributed by atoms with Crippen LogP contribution in [0.3, 0.4) is 0 Å². The Bertz CT molecular complexity index is 657. The van der Waals surface area contributed by atoms with Gasteiger partial charge in [-0.15, -0.1) is 0 Å². The van der Waals surface area contributed by atoms with E-state index in [1.54, 1.807) is 13.2 Å². The van der Waals surface area contributed by atoms with E-state index in [1.807, 2.05) is 24.3 Å². The van der Waals surface area contributed by atoms with Crippen molar-refractivity contribution in [1.29, 1.82) is 0 Å². The third-order valence-corrected chi connectivity index (χ3v) is 3.81. The van der Waals surface area contributed by atoms with Gasteiger partial charge in [0, 0.05) is 17.7 Å². The van der Waals surface area contributed by atoms with Crippen molar-refractivity contribution in [3.05, 3.63) is 47.8 Å². The molecule has 0 aliphatic carbocycles. The Morgan fingerprint density at radius 1 is 1.29 bits per heavy atom. The molecule has 4 heteroatoms. The number of rotatable bonds is 3. The molecule has 0 fully saturated rings. The number of benzene rings is 2. The van der Waals surface area contributed by atoms with Crippen molar-refractivity contribution in [3.63, 3.8) is 0 Å². The average molecular weight is 287 g/mol. The van der Waals surface area contributed by atoms with Gasteiger partial charge in [0.25, 0.3) is 0 Å². The van der Waals surface area contributed by atoms with E-state index < -0.39 is 0 Å². The van der Waals surface area contributed by atoms with Crippen LogP contribution in [0.5, 0.6) is 11.5 Å². The lowest BCUT2D eigenvalue weighted by Crippen LogP contribution is -2.30. The van der Waals surface area contributed by atoms with Gasteiger partial charge in [-0.1, -0.05) is 18.2 Å². The van der Waals surface area contributed by atoms with Gasteiger partial charge in [0.2, 0.25) is 0 Å². The van der Waals surface area contributed by atoms with E-state index in [1.165, 1.54) is 6.07 Å². The van der Waals surface area contributed by atoms with Gasteiger partial charge in [0.1, 0.15) is 23.4 Å². The third kappa shape index (κ3) is 2.59. The van der Waals surface area contributed by atoms with E-state index >= 15 is 0 Å². The van der Waals surface area contributed by atoms with Gasteiger partial charge in [-0.25, -0.2) is 4.39 Å². The molecule has 0 amide bonds. The minimum absolute atomic E-state index is 0.0172. The monoisotopic (exact) mass is 287 g/mol. The summed E-state index contributed by atoms with van der Waals surface area (Å²) in [5.74, 6) is 1.16. The summed E-state index contributed by atoms with van der Waals surface area (Å²) >= 11 is 0. The first-order valence-corrected chi connectivity index (χ1v) is 7.05. The second kappa shape index (κ2) is 5.74. The van der Waals surface area contributed by atoms with Gasteiger partial charge >= 0.3 is 0 Å². The summed E-state index contributed by atoms with van der Waals surface area (Å²) in [5.41, 5.74) is 8.15. The summed E-state index contributed by atoms with van der Waals surface area (Å²) in [4.78, 5) is 0. The molecule has 0 aromatic heterocycles. The summed E-state index contributed by atoms with van der Waals surface area (Å²) < 4.78 is 25.3. The number of ether oxygens (including phenoxy) is 2. The first kappa shape index (κ1) is 13.9. The first-order chi connectivity index (χ1) is 10.2. The highest BCUT2D eigenvalue weighted by Crippen LogP contribution is 2.41. The molecule has 2 N–H and O–H groups in total. The second-order valence-corrected chi connectivity index (χ2v) is 5.16. The van der Waals surface area contributed by atoms with Crippen LogP contribution >= 0.6 is 0 Å². The normalized spacial score (nSPS) is 17.0. The molecule has 110 valence electrons. The number of nitrogens with two attached hydrogens (primary N) is 1. The highest BCUT2D eigenvalue weighted by atomic mass is 19.1. The van der Waals surface area contributed by atoms with Crippen LogP contribution in [0.1, 0.15) is 12.0 Å². The van der Waals surface area contributed by atoms with Gasteiger partial charge < -0.3 is 15.2 Å². The molecule has 2 aromatic carbocycles. The molecule has 0 saturated carbocycles. The maximum atomic E-state index is 13.9. The van der Waals surface area contributed by atoms with Gasteiger partial charge in [0.15, 0.2) is 0 Å². The zero-order valence-corrected chi connectivity index (χ0v) is 11.9. The standard InChI is InChI=1S/C17H18FNO2/c1-20-16-5-3-2-4-14(16)15-9-12(18)8-11-6-7-13(10-19)21-17(11)15/h2-5,8-9,13H,6-7,10,19H2,1H3. The predicted molar refractivity (Wildman–Crippen MR) is 80.2 cm³/mol. The first-order valence-electron chi connectivity index (χ1n) is 7.05. The second-order valence-electron chi connectivity index (χ2n) is 5.16. The number of para-hydroxylation sites is 1. The zero-order chi connectivity index (χ0) is 14.8. The molecule has 21 heavy (non-hydrogen) atoms. The Kier molecular flexibility index (Phi) is 3.80. The third-order valence-electron chi connectivity index (χ3n) is 3.81. The van der Waals surface area contributed by atoms with E-state index in [0.717, 1.165) is 35.3 Å². The number of fused-ring (bicyclic) bond motifs is 1. The summed E-state index contributed by atoms with van der Waals surface area (Å²) in [6, 6.07) is 10.6. The highest BCUT2D eigenvalue weighted by molar-refractivity contribution is 5.77. The molecule has 2 aromatic rings. The van der Waals surface area contributed by atoms with E-state index in [4.69, 9.17) is 15.2 Å². The summed E-state index contributed by atoms with van der Waals surface area (Å²) in [7, 11) is 1.61. The zero-order valence-electron chi connectivity index (χ0n) is 11.9. The fraction of sp³-hybridized carbons (Fsp3) is 0.294. The van der Waals surface area contributed by atoms with Gasteiger partial charge in [0.05, 0.1) is 7.11 Å². The van der Waals surface area contributed by atoms with E-state index in [0.29, 0.717) is 12.3 Å². The molecular formula is C17H18FNO2. The molecule has 0 saturated heterocycles. The molecule has 1 atom stereocenters. The maximum Gasteiger partial charge on any atom is 0.131 e. The van der Waals surface area contributed by atoms with Crippen molar-refractivity contribution in [2.45, 2.75) is 18.9 Å². The lowest BCUT2D eigenvalue weighted by atomic mass is 9.95. The SMILES string of the molecule is COc1ccccc1-c1cc(F)cc2c1OC(CN)CC2. The number of methoxy groups -OCH3 is 1. The molecule has 1 aliphatic rings. The molecule has 0 radical (unpaired) electrons. The Labute approximate surface area is 123 Å². The Hall–Kier alpha value is -2.07. The lowest BCUT2D eigenvalue weighted by molar-refractivity contribution is 0.182. The van der Waals surface area contributed by atoms with Crippen LogP contribution in [0.4, 0.5) is 4.39 Å². The van der Waals surface area contributed by atoms with Crippen molar-refractivity contribution in [1.82, 2.24) is 0 Å². The molecule has 3 rings (SSSR count). The molecular weight excluding hydrogens is 269 g/mol. The van der Waals surface area contributed by atoms with Crippen LogP contribution in [0.25, 0.3) is 11.1 Å². The van der Waals surface area contributed by atoms with Crippen molar-refractivity contribution in [2.24, 2.45) is 5.73 Å². The fourth-order valence-electron chi connectivity index (χ4n) is 2.75. The smallest absolute Gasteiger partial charge is 0.131 e. The summed E-state index contributed by atoms with van der Waals surface area (Å²) in [5, 5.41) is 0. The van der Waals surface area contributed by atoms with Gasteiger partial charge in [-0.05, 0) is 36.6 Å². The van der Waals surface area contributed by atoms with Crippen molar-refractivity contribution in [3.8, 4) is 22.6 Å². The van der Waals surface area contributed by atoms with Crippen LogP contribution in [0.2, 0.25) is 0 Å². The molecule has 0 bridgehead atoms. The van der Waals surface area contributed by atoms with Crippen LogP contribution in [-0.2, 0) is 6.42 Å². The Morgan fingerprint density at radius 3 is 2.86 bits per heavy atom. The topological polar surface area (TPSA) is 44.5 Å². The Morgan fingerprint density at radius 2 is 2.10 bits per heavy atom. The van der Waals surface area contributed by atoms with E-state index in [-0.39, 0.29) is 11.9 Å². The molecule has 0 spiro atoms. The van der Waals surface area contributed by atoms with Gasteiger partial charge in [-0.2, -0.15) is 0 Å². The van der Waals surface area contributed by atoms with Crippen molar-refractivity contribution < 1.29 is 13.9 Å². The Balaban J connectivity index is 2.16. The number of aryl methyl sites for hydroxylation is 1. The van der Waals surface area contributed by atoms with Crippen molar-refractivity contribution in [2.75, 3.05) is 13.7 Å². The van der Waals surface area contributed by atoms with E-state index in [2.05, 4.69) is 0 Å². The predicted octanol–water partition coefficient (Wildman–Crippen LogP) is 3.15. The molecule has 3 nitrogen and oxygen atoms in total. The number of hydrogen-bond acceptors (Lipinski definition) is 3. The highest BCUT2D eigenvalue weighted by Gasteiger charge is 2.24. The van der Waals surface area contributed by atoms with Crippen LogP contribution < -0.4 is 15.2 Å². The van der Waals surface area contributed by atoms with Crippen LogP contribution in [0, 0.1) is 5.82 Å². The molecule has 1 heterocycles. The summed E-state index contributed by atoms with van der Waals surface area (Å²) in [6.45, 7) is 0.460. The largest absolute Gasteiger partial charge is 0.496 e. The van der Waals surface area contributed by atoms with Crippen LogP contribution in [0.15, 0.2) is 36.4 Å². The molecule has 1 aliphatic heterocycles. The average Bonchev–Trinajstić information content (AvgIpc) is 2.53.